The van der Waals surface area contributed by atoms with E-state index in [1.54, 1.807) is 0 Å². The summed E-state index contributed by atoms with van der Waals surface area (Å²) < 4.78 is 34.1. The Kier molecular flexibility index (Phi) is 6.10. The number of methoxy groups -OCH3 is 1. The molecule has 1 aliphatic carbocycles. The highest BCUT2D eigenvalue weighted by atomic mass is 19.3. The molecule has 8 nitrogen and oxygen atoms in total. The molecule has 0 bridgehead atoms. The lowest BCUT2D eigenvalue weighted by atomic mass is 10.1. The summed E-state index contributed by atoms with van der Waals surface area (Å²) in [7, 11) is 1.31. The van der Waals surface area contributed by atoms with Crippen LogP contribution < -0.4 is 20.1 Å². The van der Waals surface area contributed by atoms with Crippen LogP contribution in [0.4, 0.5) is 20.2 Å². The van der Waals surface area contributed by atoms with E-state index in [0.29, 0.717) is 11.3 Å². The lowest BCUT2D eigenvalue weighted by molar-refractivity contribution is -0.384. The molecule has 2 aromatic rings. The van der Waals surface area contributed by atoms with Crippen LogP contribution in [-0.4, -0.2) is 30.6 Å². The molecule has 1 saturated carbocycles. The highest BCUT2D eigenvalue weighted by molar-refractivity contribution is 5.95. The molecule has 1 aliphatic rings. The largest absolute Gasteiger partial charge is 0.493 e. The molecule has 0 aromatic heterocycles. The van der Waals surface area contributed by atoms with Crippen LogP contribution in [0, 0.1) is 10.1 Å². The third-order valence-electron chi connectivity index (χ3n) is 4.29. The molecular weight excluding hydrogens is 388 g/mol. The maximum absolute atomic E-state index is 12.4. The summed E-state index contributed by atoms with van der Waals surface area (Å²) in [5.74, 6) is -0.520. The van der Waals surface area contributed by atoms with Crippen molar-refractivity contribution in [3.63, 3.8) is 0 Å². The van der Waals surface area contributed by atoms with E-state index in [1.165, 1.54) is 43.5 Å². The van der Waals surface area contributed by atoms with Crippen molar-refractivity contribution in [1.82, 2.24) is 5.32 Å². The van der Waals surface area contributed by atoms with Gasteiger partial charge in [0.2, 0.25) is 0 Å². The summed E-state index contributed by atoms with van der Waals surface area (Å²) in [6.07, 6.45) is 1.92. The SMILES string of the molecule is COc1cc(CNC(=O)c2ccc(NC3CC3)c([N+](=O)[O-])c2)ccc1OC(F)F. The summed E-state index contributed by atoms with van der Waals surface area (Å²) in [6.45, 7) is -2.91. The second kappa shape index (κ2) is 8.72. The Morgan fingerprint density at radius 1 is 1.24 bits per heavy atom. The number of rotatable bonds is 9. The van der Waals surface area contributed by atoms with Gasteiger partial charge in [-0.1, -0.05) is 6.07 Å². The number of nitrogens with zero attached hydrogens (tertiary/aromatic N) is 1. The molecule has 154 valence electrons. The zero-order chi connectivity index (χ0) is 21.0. The molecule has 0 heterocycles. The summed E-state index contributed by atoms with van der Waals surface area (Å²) >= 11 is 0. The first-order valence-electron chi connectivity index (χ1n) is 8.82. The summed E-state index contributed by atoms with van der Waals surface area (Å²) in [4.78, 5) is 23.2. The number of alkyl halides is 2. The van der Waals surface area contributed by atoms with Crippen molar-refractivity contribution in [2.45, 2.75) is 32.0 Å². The molecule has 0 saturated heterocycles. The highest BCUT2D eigenvalue weighted by Gasteiger charge is 2.25. The zero-order valence-electron chi connectivity index (χ0n) is 15.5. The summed E-state index contributed by atoms with van der Waals surface area (Å²) in [5.41, 5.74) is 0.939. The van der Waals surface area contributed by atoms with Crippen LogP contribution >= 0.6 is 0 Å². The molecule has 29 heavy (non-hydrogen) atoms. The van der Waals surface area contributed by atoms with Crippen LogP contribution in [0.5, 0.6) is 11.5 Å². The van der Waals surface area contributed by atoms with Gasteiger partial charge in [-0.15, -0.1) is 0 Å². The topological polar surface area (TPSA) is 103 Å². The average molecular weight is 407 g/mol. The molecule has 0 radical (unpaired) electrons. The molecule has 0 spiro atoms. The molecule has 2 N–H and O–H groups in total. The summed E-state index contributed by atoms with van der Waals surface area (Å²) in [5, 5.41) is 17.0. The number of ether oxygens (including phenoxy) is 2. The van der Waals surface area contributed by atoms with Crippen molar-refractivity contribution in [3.8, 4) is 11.5 Å². The van der Waals surface area contributed by atoms with Crippen molar-refractivity contribution in [1.29, 1.82) is 0 Å². The van der Waals surface area contributed by atoms with Crippen molar-refractivity contribution < 1.29 is 28.0 Å². The lowest BCUT2D eigenvalue weighted by Crippen LogP contribution is -2.23. The van der Waals surface area contributed by atoms with Gasteiger partial charge in [-0.3, -0.25) is 14.9 Å². The Morgan fingerprint density at radius 3 is 2.62 bits per heavy atom. The number of carbonyl (C=O) groups excluding carboxylic acids is 1. The van der Waals surface area contributed by atoms with Gasteiger partial charge in [0.05, 0.1) is 12.0 Å². The van der Waals surface area contributed by atoms with Gasteiger partial charge in [-0.05, 0) is 42.7 Å². The van der Waals surface area contributed by atoms with E-state index in [4.69, 9.17) is 4.74 Å². The van der Waals surface area contributed by atoms with E-state index < -0.39 is 17.4 Å². The fraction of sp³-hybridized carbons (Fsp3) is 0.316. The summed E-state index contributed by atoms with van der Waals surface area (Å²) in [6, 6.07) is 8.77. The molecular formula is C19H19F2N3O5. The quantitative estimate of drug-likeness (QED) is 0.485. The van der Waals surface area contributed by atoms with E-state index in [2.05, 4.69) is 15.4 Å². The van der Waals surface area contributed by atoms with Crippen molar-refractivity contribution >= 4 is 17.3 Å². The maximum atomic E-state index is 12.4. The van der Waals surface area contributed by atoms with Crippen LogP contribution in [0.1, 0.15) is 28.8 Å². The van der Waals surface area contributed by atoms with Crippen molar-refractivity contribution in [2.75, 3.05) is 12.4 Å². The fourth-order valence-electron chi connectivity index (χ4n) is 2.69. The van der Waals surface area contributed by atoms with Crippen LogP contribution in [0.25, 0.3) is 0 Å². The standard InChI is InChI=1S/C19H19F2N3O5/c1-28-17-8-11(2-7-16(17)29-19(20)21)10-22-18(25)12-3-6-14(23-13-4-5-13)15(9-12)24(26)27/h2-3,6-9,13,19,23H,4-5,10H2,1H3,(H,22,25). The molecule has 0 atom stereocenters. The number of anilines is 1. The first-order chi connectivity index (χ1) is 13.9. The van der Waals surface area contributed by atoms with Gasteiger partial charge in [0.1, 0.15) is 5.69 Å². The molecule has 0 aliphatic heterocycles. The number of nitro benzene ring substituents is 1. The molecule has 1 amide bonds. The lowest BCUT2D eigenvalue weighted by Gasteiger charge is -2.12. The number of carbonyl (C=O) groups is 1. The van der Waals surface area contributed by atoms with Gasteiger partial charge < -0.3 is 20.1 Å². The first kappa shape index (κ1) is 20.3. The second-order valence-electron chi connectivity index (χ2n) is 6.45. The van der Waals surface area contributed by atoms with E-state index in [1.807, 2.05) is 0 Å². The minimum absolute atomic E-state index is 0.0695. The zero-order valence-corrected chi connectivity index (χ0v) is 15.5. The van der Waals surface area contributed by atoms with E-state index >= 15 is 0 Å². The van der Waals surface area contributed by atoms with E-state index in [0.717, 1.165) is 12.8 Å². The number of hydrogen-bond donors (Lipinski definition) is 2. The normalized spacial score (nSPS) is 13.1. The van der Waals surface area contributed by atoms with E-state index in [-0.39, 0.29) is 35.3 Å². The molecule has 2 aromatic carbocycles. The number of amides is 1. The number of hydrogen-bond acceptors (Lipinski definition) is 6. The second-order valence-corrected chi connectivity index (χ2v) is 6.45. The molecule has 3 rings (SSSR count). The third kappa shape index (κ3) is 5.31. The Morgan fingerprint density at radius 2 is 2.00 bits per heavy atom. The van der Waals surface area contributed by atoms with Crippen LogP contribution in [0.15, 0.2) is 36.4 Å². The predicted molar refractivity (Wildman–Crippen MR) is 101 cm³/mol. The van der Waals surface area contributed by atoms with Crippen molar-refractivity contribution in [3.05, 3.63) is 57.6 Å². The minimum atomic E-state index is -2.98. The molecule has 10 heteroatoms. The van der Waals surface area contributed by atoms with Gasteiger partial charge >= 0.3 is 6.61 Å². The van der Waals surface area contributed by atoms with Crippen LogP contribution in [-0.2, 0) is 6.54 Å². The maximum Gasteiger partial charge on any atom is 0.387 e. The van der Waals surface area contributed by atoms with Gasteiger partial charge in [0.15, 0.2) is 11.5 Å². The Balaban J connectivity index is 1.68. The van der Waals surface area contributed by atoms with Gasteiger partial charge in [-0.2, -0.15) is 8.78 Å². The third-order valence-corrected chi connectivity index (χ3v) is 4.29. The number of nitrogens with one attached hydrogen (secondary N) is 2. The minimum Gasteiger partial charge on any atom is -0.493 e. The average Bonchev–Trinajstić information content (AvgIpc) is 3.50. The number of benzene rings is 2. The smallest absolute Gasteiger partial charge is 0.387 e. The van der Waals surface area contributed by atoms with Gasteiger partial charge in [-0.25, -0.2) is 0 Å². The van der Waals surface area contributed by atoms with Crippen LogP contribution in [0.2, 0.25) is 0 Å². The monoisotopic (exact) mass is 407 g/mol. The Hall–Kier alpha value is -3.43. The molecule has 1 fully saturated rings. The van der Waals surface area contributed by atoms with Crippen molar-refractivity contribution in [2.24, 2.45) is 0 Å². The first-order valence-corrected chi connectivity index (χ1v) is 8.82. The Bertz CT molecular complexity index is 919. The van der Waals surface area contributed by atoms with E-state index in [9.17, 15) is 23.7 Å². The van der Waals surface area contributed by atoms with Crippen LogP contribution in [0.3, 0.4) is 0 Å². The fourth-order valence-corrected chi connectivity index (χ4v) is 2.69. The number of halogens is 2. The highest BCUT2D eigenvalue weighted by Crippen LogP contribution is 2.32. The van der Waals surface area contributed by atoms with Gasteiger partial charge in [0.25, 0.3) is 11.6 Å². The predicted octanol–water partition coefficient (Wildman–Crippen LogP) is 3.71. The Labute approximate surface area is 165 Å². The molecule has 0 unspecified atom stereocenters. The van der Waals surface area contributed by atoms with Gasteiger partial charge in [0, 0.05) is 24.2 Å². The number of nitro groups is 1.